The monoisotopic (exact) mass is 253 g/mol. The first kappa shape index (κ1) is 11.3. The van der Waals surface area contributed by atoms with Gasteiger partial charge in [-0.15, -0.1) is 22.7 Å². The van der Waals surface area contributed by atoms with Crippen LogP contribution in [0.1, 0.15) is 15.8 Å². The number of aliphatic carboxylic acids is 1. The number of carbonyl (C=O) groups is 1. The van der Waals surface area contributed by atoms with Gasteiger partial charge >= 0.3 is 5.97 Å². The number of nitrogens with one attached hydrogen (secondary N) is 1. The number of rotatable bonds is 5. The minimum atomic E-state index is -0.834. The number of carboxylic acids is 1. The van der Waals surface area contributed by atoms with Crippen LogP contribution in [0.15, 0.2) is 35.0 Å². The highest BCUT2D eigenvalue weighted by Gasteiger charge is 2.19. The lowest BCUT2D eigenvalue weighted by atomic mass is 10.2. The van der Waals surface area contributed by atoms with E-state index in [0.29, 0.717) is 6.54 Å². The summed E-state index contributed by atoms with van der Waals surface area (Å²) in [5, 5.41) is 16.0. The minimum Gasteiger partial charge on any atom is -0.480 e. The van der Waals surface area contributed by atoms with E-state index < -0.39 is 12.0 Å². The maximum atomic E-state index is 11.1. The summed E-state index contributed by atoms with van der Waals surface area (Å²) in [4.78, 5) is 13.1. The van der Waals surface area contributed by atoms with Gasteiger partial charge in [-0.05, 0) is 22.9 Å². The molecule has 0 bridgehead atoms. The Balaban J connectivity index is 2.02. The van der Waals surface area contributed by atoms with Crippen LogP contribution < -0.4 is 5.32 Å². The smallest absolute Gasteiger partial charge is 0.326 e. The Kier molecular flexibility index (Phi) is 3.71. The second-order valence-electron chi connectivity index (χ2n) is 3.25. The largest absolute Gasteiger partial charge is 0.480 e. The molecular formula is C11H11NO2S2. The van der Waals surface area contributed by atoms with Crippen molar-refractivity contribution in [2.45, 2.75) is 12.6 Å². The van der Waals surface area contributed by atoms with Gasteiger partial charge in [-0.25, -0.2) is 0 Å². The van der Waals surface area contributed by atoms with E-state index in [1.807, 2.05) is 35.0 Å². The van der Waals surface area contributed by atoms with Crippen molar-refractivity contribution in [1.82, 2.24) is 5.32 Å². The Morgan fingerprint density at radius 1 is 1.31 bits per heavy atom. The summed E-state index contributed by atoms with van der Waals surface area (Å²) in [7, 11) is 0. The van der Waals surface area contributed by atoms with Crippen molar-refractivity contribution in [2.24, 2.45) is 0 Å². The summed E-state index contributed by atoms with van der Waals surface area (Å²) in [5.74, 6) is -0.834. The van der Waals surface area contributed by atoms with E-state index in [1.54, 1.807) is 11.3 Å². The average Bonchev–Trinajstić information content (AvgIpc) is 2.88. The molecule has 0 aliphatic carbocycles. The molecule has 0 fully saturated rings. The maximum Gasteiger partial charge on any atom is 0.326 e. The van der Waals surface area contributed by atoms with Crippen molar-refractivity contribution in [3.63, 3.8) is 0 Å². The first-order valence-electron chi connectivity index (χ1n) is 4.79. The van der Waals surface area contributed by atoms with Crippen molar-refractivity contribution in [2.75, 3.05) is 0 Å². The van der Waals surface area contributed by atoms with Gasteiger partial charge in [0.05, 0.1) is 0 Å². The van der Waals surface area contributed by atoms with Gasteiger partial charge in [-0.1, -0.05) is 12.1 Å². The molecule has 0 amide bonds. The van der Waals surface area contributed by atoms with Gasteiger partial charge in [-0.3, -0.25) is 10.1 Å². The number of thiophene rings is 2. The molecule has 16 heavy (non-hydrogen) atoms. The van der Waals surface area contributed by atoms with Crippen molar-refractivity contribution in [3.05, 3.63) is 44.8 Å². The third-order valence-electron chi connectivity index (χ3n) is 2.14. The molecule has 2 rings (SSSR count). The zero-order valence-electron chi connectivity index (χ0n) is 8.42. The van der Waals surface area contributed by atoms with Crippen LogP contribution in [0.2, 0.25) is 0 Å². The molecule has 0 aliphatic heterocycles. The normalized spacial score (nSPS) is 12.5. The summed E-state index contributed by atoms with van der Waals surface area (Å²) in [6.07, 6.45) is 0. The van der Waals surface area contributed by atoms with Gasteiger partial charge in [0.2, 0.25) is 0 Å². The van der Waals surface area contributed by atoms with Crippen LogP contribution in [0.3, 0.4) is 0 Å². The third kappa shape index (κ3) is 2.69. The molecule has 1 unspecified atom stereocenters. The highest BCUT2D eigenvalue weighted by molar-refractivity contribution is 7.10. The van der Waals surface area contributed by atoms with E-state index in [2.05, 4.69) is 5.32 Å². The molecule has 84 valence electrons. The first-order valence-corrected chi connectivity index (χ1v) is 6.55. The van der Waals surface area contributed by atoms with Crippen LogP contribution in [0.5, 0.6) is 0 Å². The Morgan fingerprint density at radius 3 is 2.62 bits per heavy atom. The van der Waals surface area contributed by atoms with Crippen molar-refractivity contribution >= 4 is 28.6 Å². The molecule has 2 aromatic heterocycles. The molecule has 0 radical (unpaired) electrons. The molecule has 2 heterocycles. The van der Waals surface area contributed by atoms with Gasteiger partial charge in [0.1, 0.15) is 6.04 Å². The maximum absolute atomic E-state index is 11.1. The van der Waals surface area contributed by atoms with Gasteiger partial charge in [0.15, 0.2) is 0 Å². The van der Waals surface area contributed by atoms with Gasteiger partial charge in [0, 0.05) is 16.3 Å². The van der Waals surface area contributed by atoms with E-state index in [9.17, 15) is 4.79 Å². The second-order valence-corrected chi connectivity index (χ2v) is 5.26. The Morgan fingerprint density at radius 2 is 2.06 bits per heavy atom. The molecule has 2 N–H and O–H groups in total. The van der Waals surface area contributed by atoms with Crippen LogP contribution in [0, 0.1) is 0 Å². The summed E-state index contributed by atoms with van der Waals surface area (Å²) in [6.45, 7) is 0.590. The van der Waals surface area contributed by atoms with Crippen LogP contribution in [0.4, 0.5) is 0 Å². The molecule has 2 aromatic rings. The molecule has 0 saturated heterocycles. The molecule has 0 saturated carbocycles. The fourth-order valence-electron chi connectivity index (χ4n) is 1.38. The summed E-state index contributed by atoms with van der Waals surface area (Å²) in [6, 6.07) is 7.04. The quantitative estimate of drug-likeness (QED) is 0.861. The molecule has 0 spiro atoms. The molecule has 1 atom stereocenters. The van der Waals surface area contributed by atoms with Crippen LogP contribution in [-0.4, -0.2) is 11.1 Å². The number of hydrogen-bond acceptors (Lipinski definition) is 4. The molecule has 5 heteroatoms. The minimum absolute atomic E-state index is 0.590. The van der Waals surface area contributed by atoms with Crippen LogP contribution in [-0.2, 0) is 11.3 Å². The molecule has 3 nitrogen and oxygen atoms in total. The topological polar surface area (TPSA) is 49.3 Å². The van der Waals surface area contributed by atoms with Crippen LogP contribution >= 0.6 is 22.7 Å². The molecule has 0 aromatic carbocycles. The molecule has 0 aliphatic rings. The lowest BCUT2D eigenvalue weighted by Crippen LogP contribution is -2.26. The number of carboxylic acid groups (broad SMARTS) is 1. The van der Waals surface area contributed by atoms with E-state index in [1.165, 1.54) is 11.3 Å². The van der Waals surface area contributed by atoms with E-state index in [4.69, 9.17) is 5.11 Å². The fourth-order valence-corrected chi connectivity index (χ4v) is 2.83. The SMILES string of the molecule is O=C(O)C(NCc1cccs1)c1cccs1. The highest BCUT2D eigenvalue weighted by atomic mass is 32.1. The lowest BCUT2D eigenvalue weighted by molar-refractivity contribution is -0.139. The van der Waals surface area contributed by atoms with E-state index in [0.717, 1.165) is 9.75 Å². The van der Waals surface area contributed by atoms with Crippen molar-refractivity contribution < 1.29 is 9.90 Å². The molecular weight excluding hydrogens is 242 g/mol. The van der Waals surface area contributed by atoms with Gasteiger partial charge in [-0.2, -0.15) is 0 Å². The van der Waals surface area contributed by atoms with Crippen LogP contribution in [0.25, 0.3) is 0 Å². The van der Waals surface area contributed by atoms with E-state index in [-0.39, 0.29) is 0 Å². The predicted octanol–water partition coefficient (Wildman–Crippen LogP) is 2.73. The Hall–Kier alpha value is -1.17. The predicted molar refractivity (Wildman–Crippen MR) is 65.9 cm³/mol. The number of hydrogen-bond donors (Lipinski definition) is 2. The van der Waals surface area contributed by atoms with E-state index >= 15 is 0 Å². The fraction of sp³-hybridized carbons (Fsp3) is 0.182. The Labute approximate surface area is 101 Å². The Bertz CT molecular complexity index is 437. The zero-order chi connectivity index (χ0) is 11.4. The standard InChI is InChI=1S/C11H11NO2S2/c13-11(14)10(9-4-2-6-16-9)12-7-8-3-1-5-15-8/h1-6,10,12H,7H2,(H,13,14). The first-order chi connectivity index (χ1) is 7.77. The summed E-state index contributed by atoms with van der Waals surface area (Å²) < 4.78 is 0. The van der Waals surface area contributed by atoms with Crippen molar-refractivity contribution in [3.8, 4) is 0 Å². The average molecular weight is 253 g/mol. The lowest BCUT2D eigenvalue weighted by Gasteiger charge is -2.11. The second kappa shape index (κ2) is 5.25. The highest BCUT2D eigenvalue weighted by Crippen LogP contribution is 2.20. The summed E-state index contributed by atoms with van der Waals surface area (Å²) in [5.41, 5.74) is 0. The van der Waals surface area contributed by atoms with Gasteiger partial charge < -0.3 is 5.11 Å². The third-order valence-corrected chi connectivity index (χ3v) is 3.95. The van der Waals surface area contributed by atoms with Gasteiger partial charge in [0.25, 0.3) is 0 Å². The van der Waals surface area contributed by atoms with Crippen molar-refractivity contribution in [1.29, 1.82) is 0 Å². The summed E-state index contributed by atoms with van der Waals surface area (Å²) >= 11 is 3.08. The zero-order valence-corrected chi connectivity index (χ0v) is 10.1.